The highest BCUT2D eigenvalue weighted by atomic mass is 16.3. The van der Waals surface area contributed by atoms with E-state index in [2.05, 4.69) is 5.32 Å². The predicted molar refractivity (Wildman–Crippen MR) is 93.7 cm³/mol. The predicted octanol–water partition coefficient (Wildman–Crippen LogP) is 3.72. The van der Waals surface area contributed by atoms with Crippen LogP contribution in [0.25, 0.3) is 6.08 Å². The molecule has 0 saturated carbocycles. The Bertz CT molecular complexity index is 608. The second-order valence-electron chi connectivity index (χ2n) is 5.39. The summed E-state index contributed by atoms with van der Waals surface area (Å²) in [6, 6.07) is 19.6. The lowest BCUT2D eigenvalue weighted by Crippen LogP contribution is -2.28. The number of rotatable bonds is 8. The number of aliphatic hydroxyl groups is 1. The smallest absolute Gasteiger partial charge is 0.220 e. The summed E-state index contributed by atoms with van der Waals surface area (Å²) in [5, 5.41) is 12.2. The SMILES string of the molecule is O=C(CC/C=C/c1ccccc1)NC(CCO)c1ccccc1. The van der Waals surface area contributed by atoms with Crippen molar-refractivity contribution >= 4 is 12.0 Å². The van der Waals surface area contributed by atoms with Gasteiger partial charge in [-0.1, -0.05) is 72.8 Å². The maximum absolute atomic E-state index is 12.1. The molecule has 1 unspecified atom stereocenters. The lowest BCUT2D eigenvalue weighted by molar-refractivity contribution is -0.121. The first-order valence-corrected chi connectivity index (χ1v) is 7.96. The van der Waals surface area contributed by atoms with E-state index < -0.39 is 0 Å². The van der Waals surface area contributed by atoms with E-state index in [0.717, 1.165) is 11.1 Å². The molecule has 0 aliphatic carbocycles. The van der Waals surface area contributed by atoms with E-state index in [9.17, 15) is 9.90 Å². The number of aliphatic hydroxyl groups excluding tert-OH is 1. The molecule has 0 aromatic heterocycles. The van der Waals surface area contributed by atoms with E-state index in [1.165, 1.54) is 0 Å². The van der Waals surface area contributed by atoms with E-state index in [0.29, 0.717) is 19.3 Å². The minimum Gasteiger partial charge on any atom is -0.396 e. The molecule has 23 heavy (non-hydrogen) atoms. The molecule has 1 atom stereocenters. The van der Waals surface area contributed by atoms with Crippen LogP contribution < -0.4 is 5.32 Å². The molecule has 1 amide bonds. The maximum Gasteiger partial charge on any atom is 0.220 e. The molecule has 2 rings (SSSR count). The molecule has 2 N–H and O–H groups in total. The first kappa shape index (κ1) is 17.0. The van der Waals surface area contributed by atoms with Crippen LogP contribution in [0.4, 0.5) is 0 Å². The van der Waals surface area contributed by atoms with Crippen LogP contribution in [-0.2, 0) is 4.79 Å². The zero-order chi connectivity index (χ0) is 16.3. The Kier molecular flexibility index (Phi) is 7.08. The summed E-state index contributed by atoms with van der Waals surface area (Å²) >= 11 is 0. The van der Waals surface area contributed by atoms with Gasteiger partial charge < -0.3 is 10.4 Å². The molecule has 0 bridgehead atoms. The zero-order valence-corrected chi connectivity index (χ0v) is 13.2. The molecule has 0 fully saturated rings. The summed E-state index contributed by atoms with van der Waals surface area (Å²) in [7, 11) is 0. The van der Waals surface area contributed by atoms with Gasteiger partial charge in [0.05, 0.1) is 6.04 Å². The molecule has 120 valence electrons. The number of carbonyl (C=O) groups excluding carboxylic acids is 1. The molecule has 0 saturated heterocycles. The third-order valence-electron chi connectivity index (χ3n) is 3.60. The Labute approximate surface area is 137 Å². The number of nitrogens with one attached hydrogen (secondary N) is 1. The third kappa shape index (κ3) is 6.09. The van der Waals surface area contributed by atoms with Crippen LogP contribution in [0.2, 0.25) is 0 Å². The molecule has 0 radical (unpaired) electrons. The van der Waals surface area contributed by atoms with Gasteiger partial charge >= 0.3 is 0 Å². The Morgan fingerprint density at radius 2 is 1.70 bits per heavy atom. The van der Waals surface area contributed by atoms with E-state index in [4.69, 9.17) is 0 Å². The quantitative estimate of drug-likeness (QED) is 0.781. The Balaban J connectivity index is 1.81. The van der Waals surface area contributed by atoms with Gasteiger partial charge in [-0.2, -0.15) is 0 Å². The topological polar surface area (TPSA) is 49.3 Å². The van der Waals surface area contributed by atoms with Gasteiger partial charge in [-0.25, -0.2) is 0 Å². The number of benzene rings is 2. The molecule has 0 aliphatic heterocycles. The van der Waals surface area contributed by atoms with Crippen LogP contribution in [0.15, 0.2) is 66.7 Å². The van der Waals surface area contributed by atoms with Crippen molar-refractivity contribution in [3.05, 3.63) is 77.9 Å². The number of amides is 1. The first-order chi connectivity index (χ1) is 11.3. The molecule has 2 aromatic rings. The molecule has 0 spiro atoms. The van der Waals surface area contributed by atoms with Crippen LogP contribution in [-0.4, -0.2) is 17.6 Å². The average Bonchev–Trinajstić information content (AvgIpc) is 2.60. The van der Waals surface area contributed by atoms with Crippen LogP contribution in [0, 0.1) is 0 Å². The van der Waals surface area contributed by atoms with Crippen LogP contribution in [0.3, 0.4) is 0 Å². The van der Waals surface area contributed by atoms with Crippen LogP contribution >= 0.6 is 0 Å². The monoisotopic (exact) mass is 309 g/mol. The molecular weight excluding hydrogens is 286 g/mol. The second kappa shape index (κ2) is 9.59. The Hall–Kier alpha value is -2.39. The van der Waals surface area contributed by atoms with Gasteiger partial charge in [0, 0.05) is 13.0 Å². The lowest BCUT2D eigenvalue weighted by Gasteiger charge is -2.18. The summed E-state index contributed by atoms with van der Waals surface area (Å²) in [5.41, 5.74) is 2.16. The fraction of sp³-hybridized carbons (Fsp3) is 0.250. The molecule has 3 heteroatoms. The second-order valence-corrected chi connectivity index (χ2v) is 5.39. The fourth-order valence-electron chi connectivity index (χ4n) is 2.40. The average molecular weight is 309 g/mol. The van der Waals surface area contributed by atoms with Crippen molar-refractivity contribution in [1.29, 1.82) is 0 Å². The molecule has 3 nitrogen and oxygen atoms in total. The van der Waals surface area contributed by atoms with Gasteiger partial charge in [0.2, 0.25) is 5.91 Å². The van der Waals surface area contributed by atoms with Crippen molar-refractivity contribution in [1.82, 2.24) is 5.32 Å². The van der Waals surface area contributed by atoms with Gasteiger partial charge in [-0.05, 0) is 24.0 Å². The highest BCUT2D eigenvalue weighted by Crippen LogP contribution is 2.16. The van der Waals surface area contributed by atoms with E-state index in [1.807, 2.05) is 72.8 Å². The number of carbonyl (C=O) groups is 1. The summed E-state index contributed by atoms with van der Waals surface area (Å²) in [6.45, 7) is 0.0494. The fourth-order valence-corrected chi connectivity index (χ4v) is 2.40. The van der Waals surface area contributed by atoms with Crippen LogP contribution in [0.5, 0.6) is 0 Å². The van der Waals surface area contributed by atoms with E-state index in [1.54, 1.807) is 0 Å². The summed E-state index contributed by atoms with van der Waals surface area (Å²) in [5.74, 6) is 0.00464. The minimum absolute atomic E-state index is 0.00464. The van der Waals surface area contributed by atoms with Gasteiger partial charge in [0.25, 0.3) is 0 Å². The van der Waals surface area contributed by atoms with Crippen molar-refractivity contribution in [2.45, 2.75) is 25.3 Å². The Morgan fingerprint density at radius 3 is 2.35 bits per heavy atom. The summed E-state index contributed by atoms with van der Waals surface area (Å²) in [6.07, 6.45) is 5.70. The summed E-state index contributed by atoms with van der Waals surface area (Å²) < 4.78 is 0. The lowest BCUT2D eigenvalue weighted by atomic mass is 10.0. The third-order valence-corrected chi connectivity index (χ3v) is 3.60. The summed E-state index contributed by atoms with van der Waals surface area (Å²) in [4.78, 5) is 12.1. The molecular formula is C20H23NO2. The van der Waals surface area contributed by atoms with Crippen molar-refractivity contribution in [2.24, 2.45) is 0 Å². The van der Waals surface area contributed by atoms with Crippen LogP contribution in [0.1, 0.15) is 36.4 Å². The van der Waals surface area contributed by atoms with E-state index >= 15 is 0 Å². The van der Waals surface area contributed by atoms with Crippen molar-refractivity contribution in [3.63, 3.8) is 0 Å². The largest absolute Gasteiger partial charge is 0.396 e. The maximum atomic E-state index is 12.1. The highest BCUT2D eigenvalue weighted by molar-refractivity contribution is 5.76. The standard InChI is InChI=1S/C20H23NO2/c22-16-15-19(18-12-5-2-6-13-18)21-20(23)14-8-7-11-17-9-3-1-4-10-17/h1-7,9-13,19,22H,8,14-16H2,(H,21,23)/b11-7+. The van der Waals surface area contributed by atoms with Crippen molar-refractivity contribution in [2.75, 3.05) is 6.61 Å². The normalized spacial score (nSPS) is 12.2. The number of hydrogen-bond donors (Lipinski definition) is 2. The van der Waals surface area contributed by atoms with Gasteiger partial charge in [0.15, 0.2) is 0 Å². The molecule has 2 aromatic carbocycles. The van der Waals surface area contributed by atoms with E-state index in [-0.39, 0.29) is 18.6 Å². The van der Waals surface area contributed by atoms with Gasteiger partial charge in [-0.15, -0.1) is 0 Å². The molecule has 0 heterocycles. The van der Waals surface area contributed by atoms with Crippen molar-refractivity contribution in [3.8, 4) is 0 Å². The highest BCUT2D eigenvalue weighted by Gasteiger charge is 2.13. The van der Waals surface area contributed by atoms with Crippen molar-refractivity contribution < 1.29 is 9.90 Å². The number of hydrogen-bond acceptors (Lipinski definition) is 2. The first-order valence-electron chi connectivity index (χ1n) is 7.96. The number of allylic oxidation sites excluding steroid dienone is 1. The molecule has 0 aliphatic rings. The van der Waals surface area contributed by atoms with Gasteiger partial charge in [0.1, 0.15) is 0 Å². The zero-order valence-electron chi connectivity index (χ0n) is 13.2. The Morgan fingerprint density at radius 1 is 1.04 bits per heavy atom. The van der Waals surface area contributed by atoms with Gasteiger partial charge in [-0.3, -0.25) is 4.79 Å². The minimum atomic E-state index is -0.133.